The Bertz CT molecular complexity index is 476. The maximum absolute atomic E-state index is 4.87. The molecule has 1 N–H and O–H groups in total. The normalized spacial score (nSPS) is 20.5. The fourth-order valence-corrected chi connectivity index (χ4v) is 3.44. The zero-order valence-electron chi connectivity index (χ0n) is 13.5. The molecule has 2 aliphatic rings. The Kier molecular flexibility index (Phi) is 6.37. The van der Waals surface area contributed by atoms with Gasteiger partial charge in [0.2, 0.25) is 0 Å². The molecule has 1 aromatic rings. The first-order valence-electron chi connectivity index (χ1n) is 8.02. The highest BCUT2D eigenvalue weighted by atomic mass is 127. The SMILES string of the molecule is CCNC(=NCC1(C)CC1)N1CCN(c2cccs2)CC1.I. The van der Waals surface area contributed by atoms with E-state index >= 15 is 0 Å². The molecule has 3 rings (SSSR count). The van der Waals surface area contributed by atoms with Gasteiger partial charge < -0.3 is 15.1 Å². The summed E-state index contributed by atoms with van der Waals surface area (Å²) in [6.07, 6.45) is 2.67. The quantitative estimate of drug-likeness (QED) is 0.449. The number of anilines is 1. The Labute approximate surface area is 155 Å². The van der Waals surface area contributed by atoms with Crippen LogP contribution in [0.4, 0.5) is 5.00 Å². The first-order chi connectivity index (χ1) is 10.2. The van der Waals surface area contributed by atoms with E-state index in [4.69, 9.17) is 4.99 Å². The molecule has 4 nitrogen and oxygen atoms in total. The van der Waals surface area contributed by atoms with Crippen molar-refractivity contribution in [2.24, 2.45) is 10.4 Å². The first-order valence-corrected chi connectivity index (χ1v) is 8.90. The lowest BCUT2D eigenvalue weighted by molar-refractivity contribution is 0.372. The van der Waals surface area contributed by atoms with Crippen LogP contribution in [0.3, 0.4) is 0 Å². The van der Waals surface area contributed by atoms with Crippen molar-refractivity contribution in [2.75, 3.05) is 44.2 Å². The Morgan fingerprint density at radius 3 is 2.59 bits per heavy atom. The molecule has 1 aliphatic carbocycles. The van der Waals surface area contributed by atoms with Gasteiger partial charge in [-0.05, 0) is 42.7 Å². The van der Waals surface area contributed by atoms with E-state index in [0.717, 1.165) is 45.2 Å². The molecule has 0 aromatic carbocycles. The van der Waals surface area contributed by atoms with Crippen LogP contribution in [0.1, 0.15) is 26.7 Å². The lowest BCUT2D eigenvalue weighted by atomic mass is 10.1. The van der Waals surface area contributed by atoms with E-state index in [2.05, 4.69) is 46.5 Å². The van der Waals surface area contributed by atoms with Crippen molar-refractivity contribution in [1.82, 2.24) is 10.2 Å². The predicted molar refractivity (Wildman–Crippen MR) is 107 cm³/mol. The minimum Gasteiger partial charge on any atom is -0.360 e. The van der Waals surface area contributed by atoms with Gasteiger partial charge in [0.05, 0.1) is 5.00 Å². The molecule has 22 heavy (non-hydrogen) atoms. The molecule has 1 saturated carbocycles. The van der Waals surface area contributed by atoms with Crippen molar-refractivity contribution in [2.45, 2.75) is 26.7 Å². The predicted octanol–water partition coefficient (Wildman–Crippen LogP) is 3.25. The zero-order chi connectivity index (χ0) is 14.7. The largest absolute Gasteiger partial charge is 0.360 e. The van der Waals surface area contributed by atoms with E-state index in [1.165, 1.54) is 17.8 Å². The first kappa shape index (κ1) is 17.8. The summed E-state index contributed by atoms with van der Waals surface area (Å²) in [6, 6.07) is 4.35. The number of rotatable bonds is 4. The molecule has 2 heterocycles. The molecule has 0 amide bonds. The van der Waals surface area contributed by atoms with Crippen LogP contribution >= 0.6 is 35.3 Å². The maximum Gasteiger partial charge on any atom is 0.194 e. The van der Waals surface area contributed by atoms with Gasteiger partial charge in [-0.15, -0.1) is 35.3 Å². The van der Waals surface area contributed by atoms with Gasteiger partial charge in [0.15, 0.2) is 5.96 Å². The van der Waals surface area contributed by atoms with Crippen molar-refractivity contribution in [3.63, 3.8) is 0 Å². The molecule has 124 valence electrons. The van der Waals surface area contributed by atoms with Crippen molar-refractivity contribution >= 4 is 46.3 Å². The molecular formula is C16H27IN4S. The lowest BCUT2D eigenvalue weighted by Crippen LogP contribution is -2.52. The number of nitrogens with zero attached hydrogens (tertiary/aromatic N) is 3. The number of piperazine rings is 1. The van der Waals surface area contributed by atoms with Crippen LogP contribution in [0.15, 0.2) is 22.5 Å². The third kappa shape index (κ3) is 4.50. The summed E-state index contributed by atoms with van der Waals surface area (Å²) < 4.78 is 0. The highest BCUT2D eigenvalue weighted by Gasteiger charge is 2.37. The van der Waals surface area contributed by atoms with Crippen molar-refractivity contribution in [3.8, 4) is 0 Å². The summed E-state index contributed by atoms with van der Waals surface area (Å²) in [6.45, 7) is 10.7. The van der Waals surface area contributed by atoms with Gasteiger partial charge in [-0.2, -0.15) is 0 Å². The second kappa shape index (κ2) is 7.86. The Morgan fingerprint density at radius 2 is 2.05 bits per heavy atom. The topological polar surface area (TPSA) is 30.9 Å². The molecule has 0 atom stereocenters. The fourth-order valence-electron chi connectivity index (χ4n) is 2.65. The van der Waals surface area contributed by atoms with E-state index in [0.29, 0.717) is 5.41 Å². The van der Waals surface area contributed by atoms with Crippen LogP contribution in [0, 0.1) is 5.41 Å². The highest BCUT2D eigenvalue weighted by Crippen LogP contribution is 2.45. The smallest absolute Gasteiger partial charge is 0.194 e. The average molecular weight is 434 g/mol. The summed E-state index contributed by atoms with van der Waals surface area (Å²) in [7, 11) is 0. The molecule has 0 bridgehead atoms. The summed E-state index contributed by atoms with van der Waals surface area (Å²) in [5.41, 5.74) is 0.486. The maximum atomic E-state index is 4.87. The van der Waals surface area contributed by atoms with E-state index in [1.54, 1.807) is 0 Å². The second-order valence-corrected chi connectivity index (χ2v) is 7.33. The van der Waals surface area contributed by atoms with Gasteiger partial charge in [-0.3, -0.25) is 4.99 Å². The van der Waals surface area contributed by atoms with Gasteiger partial charge in [0.25, 0.3) is 0 Å². The van der Waals surface area contributed by atoms with Crippen LogP contribution < -0.4 is 10.2 Å². The second-order valence-electron chi connectivity index (χ2n) is 6.41. The third-order valence-electron chi connectivity index (χ3n) is 4.45. The molecule has 0 radical (unpaired) electrons. The number of halogens is 1. The minimum atomic E-state index is 0. The number of thiophene rings is 1. The van der Waals surface area contributed by atoms with Crippen LogP contribution in [0.25, 0.3) is 0 Å². The monoisotopic (exact) mass is 434 g/mol. The number of hydrogen-bond acceptors (Lipinski definition) is 3. The summed E-state index contributed by atoms with van der Waals surface area (Å²) in [5.74, 6) is 1.11. The number of hydrogen-bond donors (Lipinski definition) is 1. The summed E-state index contributed by atoms with van der Waals surface area (Å²) >= 11 is 1.83. The molecule has 0 unspecified atom stereocenters. The summed E-state index contributed by atoms with van der Waals surface area (Å²) in [4.78, 5) is 9.77. The Balaban J connectivity index is 0.00000176. The van der Waals surface area contributed by atoms with Crippen molar-refractivity contribution in [3.05, 3.63) is 17.5 Å². The Hall–Kier alpha value is -0.500. The average Bonchev–Trinajstić information content (AvgIpc) is 3.03. The minimum absolute atomic E-state index is 0. The van der Waals surface area contributed by atoms with E-state index in [9.17, 15) is 0 Å². The molecule has 1 aromatic heterocycles. The van der Waals surface area contributed by atoms with Crippen LogP contribution in [0.5, 0.6) is 0 Å². The molecule has 1 aliphatic heterocycles. The number of nitrogens with one attached hydrogen (secondary N) is 1. The van der Waals surface area contributed by atoms with Gasteiger partial charge >= 0.3 is 0 Å². The number of aliphatic imine (C=N–C) groups is 1. The zero-order valence-corrected chi connectivity index (χ0v) is 16.7. The van der Waals surface area contributed by atoms with Crippen LogP contribution in [0.2, 0.25) is 0 Å². The van der Waals surface area contributed by atoms with Crippen molar-refractivity contribution in [1.29, 1.82) is 0 Å². The van der Waals surface area contributed by atoms with E-state index in [1.807, 2.05) is 11.3 Å². The molecule has 0 spiro atoms. The third-order valence-corrected chi connectivity index (χ3v) is 5.38. The van der Waals surface area contributed by atoms with Gasteiger partial charge in [-0.1, -0.05) is 6.92 Å². The van der Waals surface area contributed by atoms with Crippen molar-refractivity contribution < 1.29 is 0 Å². The standard InChI is InChI=1S/C16H26N4S.HI/c1-3-17-15(18-13-16(2)6-7-16)20-10-8-19(9-11-20)14-5-4-12-21-14;/h4-5,12H,3,6-11,13H2,1-2H3,(H,17,18);1H. The van der Waals surface area contributed by atoms with Crippen LogP contribution in [-0.2, 0) is 0 Å². The molecule has 6 heteroatoms. The number of guanidine groups is 1. The highest BCUT2D eigenvalue weighted by molar-refractivity contribution is 14.0. The van der Waals surface area contributed by atoms with E-state index in [-0.39, 0.29) is 24.0 Å². The van der Waals surface area contributed by atoms with Gasteiger partial charge in [0.1, 0.15) is 0 Å². The Morgan fingerprint density at radius 1 is 1.32 bits per heavy atom. The fraction of sp³-hybridized carbons (Fsp3) is 0.688. The lowest BCUT2D eigenvalue weighted by Gasteiger charge is -2.37. The summed E-state index contributed by atoms with van der Waals surface area (Å²) in [5, 5.41) is 7.01. The van der Waals surface area contributed by atoms with Gasteiger partial charge in [-0.25, -0.2) is 0 Å². The molecule has 2 fully saturated rings. The van der Waals surface area contributed by atoms with E-state index < -0.39 is 0 Å². The van der Waals surface area contributed by atoms with Gasteiger partial charge in [0, 0.05) is 39.3 Å². The van der Waals surface area contributed by atoms with Crippen LogP contribution in [-0.4, -0.2) is 50.1 Å². The molecular weight excluding hydrogens is 407 g/mol. The molecule has 1 saturated heterocycles.